The van der Waals surface area contributed by atoms with Crippen molar-refractivity contribution in [3.8, 4) is 5.75 Å². The van der Waals surface area contributed by atoms with Crippen LogP contribution in [0.3, 0.4) is 0 Å². The SMILES string of the molecule is COc1ccc(C(=O)O)c(NCC2(C3CC3)CC2)c1. The molecule has 0 bridgehead atoms. The Morgan fingerprint density at radius 1 is 1.47 bits per heavy atom. The average Bonchev–Trinajstić information content (AvgIpc) is 3.28. The third kappa shape index (κ3) is 2.39. The lowest BCUT2D eigenvalue weighted by Gasteiger charge is -2.17. The molecular formula is C15H19NO3. The first-order valence-corrected chi connectivity index (χ1v) is 6.80. The molecule has 1 aromatic rings. The Morgan fingerprint density at radius 2 is 2.21 bits per heavy atom. The largest absolute Gasteiger partial charge is 0.497 e. The number of anilines is 1. The first-order chi connectivity index (χ1) is 9.14. The molecule has 0 saturated heterocycles. The van der Waals surface area contributed by atoms with Gasteiger partial charge in [-0.2, -0.15) is 0 Å². The van der Waals surface area contributed by atoms with Crippen LogP contribution in [0.5, 0.6) is 5.75 Å². The van der Waals surface area contributed by atoms with Crippen LogP contribution in [-0.4, -0.2) is 24.7 Å². The Labute approximate surface area is 112 Å². The number of carbonyl (C=O) groups is 1. The molecule has 19 heavy (non-hydrogen) atoms. The van der Waals surface area contributed by atoms with E-state index in [4.69, 9.17) is 4.74 Å². The number of aromatic carboxylic acids is 1. The van der Waals surface area contributed by atoms with Crippen LogP contribution in [0, 0.1) is 11.3 Å². The predicted molar refractivity (Wildman–Crippen MR) is 72.8 cm³/mol. The van der Waals surface area contributed by atoms with E-state index in [1.54, 1.807) is 25.3 Å². The first-order valence-electron chi connectivity index (χ1n) is 6.80. The summed E-state index contributed by atoms with van der Waals surface area (Å²) in [7, 11) is 1.59. The van der Waals surface area contributed by atoms with Gasteiger partial charge in [0.25, 0.3) is 0 Å². The molecule has 0 unspecified atom stereocenters. The molecule has 0 heterocycles. The molecule has 4 heteroatoms. The molecule has 2 N–H and O–H groups in total. The second-order valence-corrected chi connectivity index (χ2v) is 5.71. The van der Waals surface area contributed by atoms with Gasteiger partial charge in [0.2, 0.25) is 0 Å². The van der Waals surface area contributed by atoms with Crippen LogP contribution in [0.15, 0.2) is 18.2 Å². The van der Waals surface area contributed by atoms with Gasteiger partial charge in [0.1, 0.15) is 5.75 Å². The van der Waals surface area contributed by atoms with Crippen LogP contribution in [-0.2, 0) is 0 Å². The van der Waals surface area contributed by atoms with E-state index in [-0.39, 0.29) is 0 Å². The summed E-state index contributed by atoms with van der Waals surface area (Å²) in [5.41, 5.74) is 1.42. The van der Waals surface area contributed by atoms with Crippen molar-refractivity contribution < 1.29 is 14.6 Å². The summed E-state index contributed by atoms with van der Waals surface area (Å²) in [6.07, 6.45) is 5.23. The molecule has 4 nitrogen and oxygen atoms in total. The zero-order valence-corrected chi connectivity index (χ0v) is 11.1. The molecule has 0 atom stereocenters. The predicted octanol–water partition coefficient (Wildman–Crippen LogP) is 3.00. The van der Waals surface area contributed by atoms with Gasteiger partial charge < -0.3 is 15.2 Å². The smallest absolute Gasteiger partial charge is 0.337 e. The highest BCUT2D eigenvalue weighted by Crippen LogP contribution is 2.61. The van der Waals surface area contributed by atoms with Crippen LogP contribution in [0.2, 0.25) is 0 Å². The van der Waals surface area contributed by atoms with Crippen molar-refractivity contribution in [2.75, 3.05) is 19.0 Å². The number of benzene rings is 1. The molecule has 3 rings (SSSR count). The number of nitrogens with one attached hydrogen (secondary N) is 1. The maximum Gasteiger partial charge on any atom is 0.337 e. The number of hydrogen-bond donors (Lipinski definition) is 2. The quantitative estimate of drug-likeness (QED) is 0.826. The number of carboxylic acid groups (broad SMARTS) is 1. The summed E-state index contributed by atoms with van der Waals surface area (Å²) in [5.74, 6) is 0.643. The molecule has 2 aliphatic carbocycles. The number of methoxy groups -OCH3 is 1. The third-order valence-corrected chi connectivity index (χ3v) is 4.42. The lowest BCUT2D eigenvalue weighted by molar-refractivity contribution is 0.0698. The van der Waals surface area contributed by atoms with Gasteiger partial charge in [-0.15, -0.1) is 0 Å². The summed E-state index contributed by atoms with van der Waals surface area (Å²) in [4.78, 5) is 11.2. The first kappa shape index (κ1) is 12.3. The fourth-order valence-electron chi connectivity index (χ4n) is 2.84. The van der Waals surface area contributed by atoms with Crippen LogP contribution < -0.4 is 10.1 Å². The monoisotopic (exact) mass is 261 g/mol. The van der Waals surface area contributed by atoms with Crippen LogP contribution in [0.1, 0.15) is 36.0 Å². The summed E-state index contributed by atoms with van der Waals surface area (Å²) in [6, 6.07) is 5.05. The van der Waals surface area contributed by atoms with Crippen molar-refractivity contribution in [3.05, 3.63) is 23.8 Å². The van der Waals surface area contributed by atoms with Gasteiger partial charge in [-0.05, 0) is 49.1 Å². The molecule has 0 aromatic heterocycles. The molecule has 0 radical (unpaired) electrons. The number of carboxylic acids is 1. The molecule has 102 valence electrons. The van der Waals surface area contributed by atoms with E-state index in [0.717, 1.165) is 12.5 Å². The van der Waals surface area contributed by atoms with Gasteiger partial charge in [0.05, 0.1) is 18.4 Å². The van der Waals surface area contributed by atoms with E-state index in [1.807, 2.05) is 0 Å². The van der Waals surface area contributed by atoms with Crippen molar-refractivity contribution in [2.24, 2.45) is 11.3 Å². The summed E-state index contributed by atoms with van der Waals surface area (Å²) in [5, 5.41) is 12.5. The van der Waals surface area contributed by atoms with Crippen LogP contribution in [0.25, 0.3) is 0 Å². The number of hydrogen-bond acceptors (Lipinski definition) is 3. The summed E-state index contributed by atoms with van der Waals surface area (Å²) < 4.78 is 5.16. The van der Waals surface area contributed by atoms with Gasteiger partial charge in [-0.1, -0.05) is 0 Å². The highest BCUT2D eigenvalue weighted by molar-refractivity contribution is 5.94. The van der Waals surface area contributed by atoms with E-state index < -0.39 is 5.97 Å². The van der Waals surface area contributed by atoms with E-state index >= 15 is 0 Å². The van der Waals surface area contributed by atoms with E-state index in [1.165, 1.54) is 25.7 Å². The minimum absolute atomic E-state index is 0.312. The topological polar surface area (TPSA) is 58.6 Å². The normalized spacial score (nSPS) is 19.8. The van der Waals surface area contributed by atoms with E-state index in [2.05, 4.69) is 5.32 Å². The van der Waals surface area contributed by atoms with Crippen molar-refractivity contribution >= 4 is 11.7 Å². The fraction of sp³-hybridized carbons (Fsp3) is 0.533. The minimum Gasteiger partial charge on any atom is -0.497 e. The second-order valence-electron chi connectivity index (χ2n) is 5.71. The van der Waals surface area contributed by atoms with Crippen molar-refractivity contribution in [1.29, 1.82) is 0 Å². The fourth-order valence-corrected chi connectivity index (χ4v) is 2.84. The van der Waals surface area contributed by atoms with E-state index in [9.17, 15) is 9.90 Å². The number of ether oxygens (including phenoxy) is 1. The Kier molecular flexibility index (Phi) is 2.88. The summed E-state index contributed by atoms with van der Waals surface area (Å²) in [6.45, 7) is 0.880. The lowest BCUT2D eigenvalue weighted by Crippen LogP contribution is -2.18. The van der Waals surface area contributed by atoms with Gasteiger partial charge in [0.15, 0.2) is 0 Å². The minimum atomic E-state index is -0.901. The Hall–Kier alpha value is -1.71. The Bertz CT molecular complexity index is 504. The molecule has 2 aliphatic rings. The summed E-state index contributed by atoms with van der Waals surface area (Å²) >= 11 is 0. The van der Waals surface area contributed by atoms with Crippen LogP contribution in [0.4, 0.5) is 5.69 Å². The molecule has 1 aromatic carbocycles. The van der Waals surface area contributed by atoms with Crippen molar-refractivity contribution in [2.45, 2.75) is 25.7 Å². The van der Waals surface area contributed by atoms with Gasteiger partial charge in [-0.25, -0.2) is 4.79 Å². The molecule has 0 spiro atoms. The number of rotatable bonds is 6. The second kappa shape index (κ2) is 4.44. The van der Waals surface area contributed by atoms with Crippen molar-refractivity contribution in [3.63, 3.8) is 0 Å². The zero-order valence-electron chi connectivity index (χ0n) is 11.1. The van der Waals surface area contributed by atoms with Crippen LogP contribution >= 0.6 is 0 Å². The van der Waals surface area contributed by atoms with Gasteiger partial charge >= 0.3 is 5.97 Å². The molecule has 2 saturated carbocycles. The molecule has 2 fully saturated rings. The zero-order chi connectivity index (χ0) is 13.5. The molecular weight excluding hydrogens is 242 g/mol. The highest BCUT2D eigenvalue weighted by atomic mass is 16.5. The molecule has 0 amide bonds. The lowest BCUT2D eigenvalue weighted by atomic mass is 10.0. The Balaban J connectivity index is 1.76. The van der Waals surface area contributed by atoms with Gasteiger partial charge in [0, 0.05) is 12.6 Å². The average molecular weight is 261 g/mol. The maximum absolute atomic E-state index is 11.2. The standard InChI is InChI=1S/C15H19NO3/c1-19-11-4-5-12(14(17)18)13(8-11)16-9-15(6-7-15)10-2-3-10/h4-5,8,10,16H,2-3,6-7,9H2,1H3,(H,17,18). The van der Waals surface area contributed by atoms with Gasteiger partial charge in [-0.3, -0.25) is 0 Å². The molecule has 0 aliphatic heterocycles. The Morgan fingerprint density at radius 3 is 2.74 bits per heavy atom. The van der Waals surface area contributed by atoms with E-state index in [0.29, 0.717) is 22.4 Å². The maximum atomic E-state index is 11.2. The third-order valence-electron chi connectivity index (χ3n) is 4.42. The van der Waals surface area contributed by atoms with Crippen molar-refractivity contribution in [1.82, 2.24) is 0 Å². The highest BCUT2D eigenvalue weighted by Gasteiger charge is 2.53.